The zero-order valence-electron chi connectivity index (χ0n) is 22.6. The molecule has 1 fully saturated rings. The van der Waals surface area contributed by atoms with Gasteiger partial charge in [-0.3, -0.25) is 19.5 Å². The van der Waals surface area contributed by atoms with Crippen LogP contribution in [-0.2, 0) is 25.8 Å². The number of piperazine rings is 1. The SMILES string of the molecule is CC(=O)N(NCc1cccc(F)c1F)[C@@H](CCC=O)C(ONC(=O)N1OCC=C1c1ccccc1)C1CNCCN1. The van der Waals surface area contributed by atoms with Gasteiger partial charge in [-0.1, -0.05) is 42.5 Å². The lowest BCUT2D eigenvalue weighted by Crippen LogP contribution is -2.64. The van der Waals surface area contributed by atoms with E-state index in [9.17, 15) is 23.2 Å². The summed E-state index contributed by atoms with van der Waals surface area (Å²) < 4.78 is 28.1. The van der Waals surface area contributed by atoms with Crippen LogP contribution in [0, 0.1) is 11.6 Å². The van der Waals surface area contributed by atoms with Crippen LogP contribution >= 0.6 is 0 Å². The fourth-order valence-corrected chi connectivity index (χ4v) is 4.85. The highest BCUT2D eigenvalue weighted by molar-refractivity contribution is 5.84. The zero-order valence-corrected chi connectivity index (χ0v) is 22.6. The Bertz CT molecular complexity index is 1230. The quantitative estimate of drug-likeness (QED) is 0.225. The molecule has 2 aromatic carbocycles. The fraction of sp³-hybridized carbons (Fsp3) is 0.393. The number of halogens is 2. The second-order valence-corrected chi connectivity index (χ2v) is 9.55. The Labute approximate surface area is 236 Å². The number of benzene rings is 2. The maximum Gasteiger partial charge on any atom is 0.370 e. The zero-order chi connectivity index (χ0) is 29.2. The number of rotatable bonds is 12. The Balaban J connectivity index is 1.55. The van der Waals surface area contributed by atoms with E-state index in [1.165, 1.54) is 24.1 Å². The number of hydrazine groups is 1. The number of nitrogens with zero attached hydrogens (tertiary/aromatic N) is 2. The number of urea groups is 1. The van der Waals surface area contributed by atoms with Gasteiger partial charge in [0.15, 0.2) is 11.6 Å². The smallest absolute Gasteiger partial charge is 0.314 e. The summed E-state index contributed by atoms with van der Waals surface area (Å²) in [4.78, 5) is 48.9. The van der Waals surface area contributed by atoms with Crippen molar-refractivity contribution in [2.24, 2.45) is 0 Å². The number of carbonyl (C=O) groups excluding carboxylic acids is 3. The minimum absolute atomic E-state index is 0.0139. The van der Waals surface area contributed by atoms with Gasteiger partial charge in [0.25, 0.3) is 0 Å². The normalized spacial score (nSPS) is 18.4. The van der Waals surface area contributed by atoms with E-state index >= 15 is 0 Å². The average molecular weight is 573 g/mol. The van der Waals surface area contributed by atoms with E-state index in [1.807, 2.05) is 30.3 Å². The van der Waals surface area contributed by atoms with Gasteiger partial charge in [0.05, 0.1) is 24.4 Å². The molecule has 0 saturated carbocycles. The highest BCUT2D eigenvalue weighted by atomic mass is 19.2. The maximum absolute atomic E-state index is 14.3. The molecule has 3 amide bonds. The van der Waals surface area contributed by atoms with E-state index in [0.717, 1.165) is 23.0 Å². The van der Waals surface area contributed by atoms with Crippen molar-refractivity contribution in [3.63, 3.8) is 0 Å². The van der Waals surface area contributed by atoms with Gasteiger partial charge in [-0.2, -0.15) is 5.06 Å². The molecule has 2 aliphatic heterocycles. The summed E-state index contributed by atoms with van der Waals surface area (Å²) in [6.07, 6.45) is 1.85. The van der Waals surface area contributed by atoms with Crippen LogP contribution in [0.1, 0.15) is 30.9 Å². The van der Waals surface area contributed by atoms with Crippen LogP contribution in [0.5, 0.6) is 0 Å². The molecule has 11 nitrogen and oxygen atoms in total. The Morgan fingerprint density at radius 3 is 2.71 bits per heavy atom. The van der Waals surface area contributed by atoms with Crippen LogP contribution in [0.25, 0.3) is 5.70 Å². The van der Waals surface area contributed by atoms with Crippen molar-refractivity contribution in [2.75, 3.05) is 26.2 Å². The molecule has 0 radical (unpaired) electrons. The third kappa shape index (κ3) is 7.71. The van der Waals surface area contributed by atoms with Crippen LogP contribution in [-0.4, -0.2) is 72.7 Å². The molecular formula is C28H34F2N6O5. The summed E-state index contributed by atoms with van der Waals surface area (Å²) in [5, 5.41) is 8.91. The lowest BCUT2D eigenvalue weighted by atomic mass is 9.97. The van der Waals surface area contributed by atoms with Gasteiger partial charge in [-0.05, 0) is 18.6 Å². The first-order valence-corrected chi connectivity index (χ1v) is 13.4. The van der Waals surface area contributed by atoms with Crippen molar-refractivity contribution in [1.29, 1.82) is 0 Å². The minimum atomic E-state index is -1.03. The van der Waals surface area contributed by atoms with Gasteiger partial charge < -0.3 is 15.4 Å². The Hall–Kier alpha value is -3.75. The molecule has 4 rings (SSSR count). The molecule has 0 aromatic heterocycles. The first-order valence-electron chi connectivity index (χ1n) is 13.4. The summed E-state index contributed by atoms with van der Waals surface area (Å²) in [5.41, 5.74) is 6.66. The molecular weight excluding hydrogens is 538 g/mol. The van der Waals surface area contributed by atoms with Crippen molar-refractivity contribution in [1.82, 2.24) is 31.6 Å². The van der Waals surface area contributed by atoms with Gasteiger partial charge in [0.1, 0.15) is 12.4 Å². The number of hydrogen-bond acceptors (Lipinski definition) is 8. The van der Waals surface area contributed by atoms with E-state index in [1.54, 1.807) is 6.08 Å². The molecule has 13 heteroatoms. The lowest BCUT2D eigenvalue weighted by molar-refractivity contribution is -0.147. The topological polar surface area (TPSA) is 124 Å². The first kappa shape index (κ1) is 30.2. The molecule has 2 unspecified atom stereocenters. The van der Waals surface area contributed by atoms with Crippen LogP contribution in [0.3, 0.4) is 0 Å². The third-order valence-corrected chi connectivity index (χ3v) is 6.81. The van der Waals surface area contributed by atoms with E-state index in [4.69, 9.17) is 9.68 Å². The number of nitrogens with one attached hydrogen (secondary N) is 4. The Morgan fingerprint density at radius 2 is 2.00 bits per heavy atom. The molecule has 220 valence electrons. The van der Waals surface area contributed by atoms with Crippen molar-refractivity contribution >= 4 is 23.9 Å². The van der Waals surface area contributed by atoms with Crippen molar-refractivity contribution in [2.45, 2.75) is 44.5 Å². The van der Waals surface area contributed by atoms with Crippen LogP contribution in [0.15, 0.2) is 54.6 Å². The highest BCUT2D eigenvalue weighted by Crippen LogP contribution is 2.25. The van der Waals surface area contributed by atoms with Gasteiger partial charge >= 0.3 is 6.03 Å². The number of hydroxylamine groups is 3. The van der Waals surface area contributed by atoms with Crippen molar-refractivity contribution in [3.8, 4) is 0 Å². The third-order valence-electron chi connectivity index (χ3n) is 6.81. The number of aldehydes is 1. The first-order chi connectivity index (χ1) is 19.9. The van der Waals surface area contributed by atoms with Crippen LogP contribution < -0.4 is 21.5 Å². The highest BCUT2D eigenvalue weighted by Gasteiger charge is 2.38. The van der Waals surface area contributed by atoms with Crippen molar-refractivity contribution < 1.29 is 32.8 Å². The summed E-state index contributed by atoms with van der Waals surface area (Å²) >= 11 is 0. The molecule has 3 atom stereocenters. The molecule has 41 heavy (non-hydrogen) atoms. The molecule has 4 N–H and O–H groups in total. The summed E-state index contributed by atoms with van der Waals surface area (Å²) in [5.74, 6) is -2.48. The molecule has 2 aromatic rings. The predicted molar refractivity (Wildman–Crippen MR) is 145 cm³/mol. The monoisotopic (exact) mass is 572 g/mol. The number of carbonyl (C=O) groups is 3. The second kappa shape index (κ2) is 14.8. The lowest BCUT2D eigenvalue weighted by Gasteiger charge is -2.41. The largest absolute Gasteiger partial charge is 0.370 e. The maximum atomic E-state index is 14.3. The predicted octanol–water partition coefficient (Wildman–Crippen LogP) is 2.03. The van der Waals surface area contributed by atoms with Crippen molar-refractivity contribution in [3.05, 3.63) is 77.4 Å². The standard InChI is InChI=1S/C28H34F2N6O5/c1-19(38)35(33-17-21-9-5-10-22(29)26(21)30)25(11-6-15-37)27(23-18-31-13-14-32-23)41-34-28(39)36-24(12-16-40-36)20-7-3-2-4-8-20/h2-5,7-10,12,15,23,25,27,31-33H,6,11,13-14,16-18H2,1H3,(H,34,39)/t23?,25-,27?/m0/s1. The molecule has 2 heterocycles. The minimum Gasteiger partial charge on any atom is -0.314 e. The fourth-order valence-electron chi connectivity index (χ4n) is 4.85. The molecule has 0 bridgehead atoms. The van der Waals surface area contributed by atoms with E-state index in [-0.39, 0.29) is 37.6 Å². The van der Waals surface area contributed by atoms with Crippen LogP contribution in [0.4, 0.5) is 13.6 Å². The van der Waals surface area contributed by atoms with Gasteiger partial charge in [0, 0.05) is 50.7 Å². The summed E-state index contributed by atoms with van der Waals surface area (Å²) in [6, 6.07) is 11.1. The van der Waals surface area contributed by atoms with E-state index in [0.29, 0.717) is 25.3 Å². The molecule has 1 saturated heterocycles. The Kier molecular flexibility index (Phi) is 10.9. The van der Waals surface area contributed by atoms with Gasteiger partial charge in [-0.25, -0.2) is 24.5 Å². The Morgan fingerprint density at radius 1 is 1.20 bits per heavy atom. The molecule has 0 spiro atoms. The van der Waals surface area contributed by atoms with E-state index in [2.05, 4.69) is 21.5 Å². The van der Waals surface area contributed by atoms with Gasteiger partial charge in [-0.15, -0.1) is 0 Å². The average Bonchev–Trinajstić information content (AvgIpc) is 3.49. The number of hydrogen-bond donors (Lipinski definition) is 4. The molecule has 2 aliphatic rings. The van der Waals surface area contributed by atoms with E-state index < -0.39 is 35.7 Å². The summed E-state index contributed by atoms with van der Waals surface area (Å²) in [7, 11) is 0. The summed E-state index contributed by atoms with van der Waals surface area (Å²) in [6.45, 7) is 3.03. The number of amides is 3. The molecule has 0 aliphatic carbocycles. The van der Waals surface area contributed by atoms with Crippen LogP contribution in [0.2, 0.25) is 0 Å². The van der Waals surface area contributed by atoms with Gasteiger partial charge in [0.2, 0.25) is 5.91 Å². The second-order valence-electron chi connectivity index (χ2n) is 9.55.